The van der Waals surface area contributed by atoms with Crippen molar-refractivity contribution < 1.29 is 0 Å². The fourth-order valence-electron chi connectivity index (χ4n) is 10.9. The number of pyridine rings is 1. The maximum absolute atomic E-state index is 5.42. The van der Waals surface area contributed by atoms with Gasteiger partial charge in [-0.2, -0.15) is 0 Å². The second kappa shape index (κ2) is 14.4. The summed E-state index contributed by atoms with van der Waals surface area (Å²) in [7, 11) is 0. The molecule has 11 aromatic carbocycles. The normalized spacial score (nSPS) is 11.9. The van der Waals surface area contributed by atoms with Crippen LogP contribution in [0, 0.1) is 0 Å². The highest BCUT2D eigenvalue weighted by Crippen LogP contribution is 2.44. The summed E-state index contributed by atoms with van der Waals surface area (Å²) < 4.78 is 4.81. The molecule has 0 amide bonds. The third-order valence-electron chi connectivity index (χ3n) is 13.9. The molecule has 14 aromatic rings. The van der Waals surface area contributed by atoms with Crippen molar-refractivity contribution in [2.75, 3.05) is 0 Å². The molecule has 3 nitrogen and oxygen atoms in total. The standard InChI is InChI=1S/C63H39N3/c1-2-14-40(15-3-1)41-26-32-45(33-27-41)65-57-24-12-9-18-49(57)54-38-43(30-36-59(54)65)44-31-37-60-55(39-44)50-19-10-13-25-58(50)66(60)46-34-28-42(29-35-46)63-62-52-21-7-5-17-48(52)47-16-4-6-20-51(47)61(62)53-22-8-11-23-56(53)64-63/h1-39H. The van der Waals surface area contributed by atoms with E-state index in [-0.39, 0.29) is 0 Å². The number of benzene rings is 11. The zero-order valence-corrected chi connectivity index (χ0v) is 35.9. The predicted molar refractivity (Wildman–Crippen MR) is 279 cm³/mol. The minimum absolute atomic E-state index is 1.00. The van der Waals surface area contributed by atoms with Crippen LogP contribution in [0.1, 0.15) is 0 Å². The van der Waals surface area contributed by atoms with Gasteiger partial charge in [-0.05, 0) is 111 Å². The summed E-state index contributed by atoms with van der Waals surface area (Å²) in [5, 5.41) is 13.6. The van der Waals surface area contributed by atoms with Crippen LogP contribution in [0.5, 0.6) is 0 Å². The number of nitrogens with zero attached hydrogens (tertiary/aromatic N) is 3. The molecule has 0 aliphatic heterocycles. The smallest absolute Gasteiger partial charge is 0.0794 e. The zero-order chi connectivity index (χ0) is 43.3. The van der Waals surface area contributed by atoms with Crippen LogP contribution in [0.4, 0.5) is 0 Å². The van der Waals surface area contributed by atoms with Crippen molar-refractivity contribution in [3.8, 4) is 44.9 Å². The van der Waals surface area contributed by atoms with Crippen molar-refractivity contribution in [2.24, 2.45) is 0 Å². The summed E-state index contributed by atoms with van der Waals surface area (Å²) in [6.45, 7) is 0. The molecule has 0 N–H and O–H groups in total. The van der Waals surface area contributed by atoms with Gasteiger partial charge in [-0.1, -0.05) is 170 Å². The second-order valence-corrected chi connectivity index (χ2v) is 17.4. The topological polar surface area (TPSA) is 22.8 Å². The molecule has 0 aliphatic rings. The van der Waals surface area contributed by atoms with Crippen LogP contribution in [0.3, 0.4) is 0 Å². The van der Waals surface area contributed by atoms with Crippen LogP contribution in [-0.2, 0) is 0 Å². The molecule has 0 radical (unpaired) electrons. The highest BCUT2D eigenvalue weighted by atomic mass is 15.0. The van der Waals surface area contributed by atoms with Crippen LogP contribution in [0.15, 0.2) is 237 Å². The van der Waals surface area contributed by atoms with Gasteiger partial charge in [-0.15, -0.1) is 0 Å². The van der Waals surface area contributed by atoms with Crippen LogP contribution in [0.25, 0.3) is 132 Å². The van der Waals surface area contributed by atoms with E-state index < -0.39 is 0 Å². The van der Waals surface area contributed by atoms with E-state index in [0.29, 0.717) is 0 Å². The number of rotatable bonds is 5. The van der Waals surface area contributed by atoms with Crippen LogP contribution < -0.4 is 0 Å². The van der Waals surface area contributed by atoms with Gasteiger partial charge in [-0.3, -0.25) is 0 Å². The molecular weight excluding hydrogens is 799 g/mol. The molecule has 3 heterocycles. The number of para-hydroxylation sites is 3. The molecule has 66 heavy (non-hydrogen) atoms. The molecule has 0 saturated carbocycles. The lowest BCUT2D eigenvalue weighted by Crippen LogP contribution is -1.95. The van der Waals surface area contributed by atoms with Gasteiger partial charge < -0.3 is 9.13 Å². The quantitative estimate of drug-likeness (QED) is 0.158. The van der Waals surface area contributed by atoms with Crippen molar-refractivity contribution in [3.05, 3.63) is 237 Å². The summed E-state index contributed by atoms with van der Waals surface area (Å²) in [5.74, 6) is 0. The Bertz CT molecular complexity index is 4250. The molecule has 14 rings (SSSR count). The highest BCUT2D eigenvalue weighted by Gasteiger charge is 2.20. The van der Waals surface area contributed by atoms with Crippen molar-refractivity contribution in [1.82, 2.24) is 14.1 Å². The Balaban J connectivity index is 0.887. The van der Waals surface area contributed by atoms with Gasteiger partial charge in [0.25, 0.3) is 0 Å². The maximum Gasteiger partial charge on any atom is 0.0794 e. The van der Waals surface area contributed by atoms with Crippen LogP contribution in [0.2, 0.25) is 0 Å². The van der Waals surface area contributed by atoms with Gasteiger partial charge in [-0.25, -0.2) is 4.98 Å². The number of hydrogen-bond donors (Lipinski definition) is 0. The Morgan fingerprint density at radius 2 is 0.636 bits per heavy atom. The van der Waals surface area contributed by atoms with E-state index in [1.54, 1.807) is 0 Å². The van der Waals surface area contributed by atoms with Gasteiger partial charge in [0.1, 0.15) is 0 Å². The van der Waals surface area contributed by atoms with Gasteiger partial charge in [0.15, 0.2) is 0 Å². The average molecular weight is 838 g/mol. The molecule has 0 aliphatic carbocycles. The van der Waals surface area contributed by atoms with E-state index in [4.69, 9.17) is 4.98 Å². The first kappa shape index (κ1) is 36.7. The van der Waals surface area contributed by atoms with Gasteiger partial charge in [0, 0.05) is 54.6 Å². The molecule has 0 unspecified atom stereocenters. The summed E-state index contributed by atoms with van der Waals surface area (Å²) >= 11 is 0. The first-order valence-electron chi connectivity index (χ1n) is 22.7. The van der Waals surface area contributed by atoms with Crippen molar-refractivity contribution in [3.63, 3.8) is 0 Å². The molecule has 0 spiro atoms. The first-order chi connectivity index (χ1) is 32.7. The number of aromatic nitrogens is 3. The third kappa shape index (κ3) is 5.47. The van der Waals surface area contributed by atoms with E-state index in [2.05, 4.69) is 246 Å². The Kier molecular flexibility index (Phi) is 7.98. The lowest BCUT2D eigenvalue weighted by molar-refractivity contribution is 1.18. The molecule has 0 fully saturated rings. The SMILES string of the molecule is c1ccc(-c2ccc(-n3c4ccccc4c4cc(-c5ccc6c(c5)c5ccccc5n6-c5ccc(-c6nc7ccccc7c7c8ccccc8c8ccccc8c67)cc5)ccc43)cc2)cc1. The molecule has 306 valence electrons. The summed E-state index contributed by atoms with van der Waals surface area (Å²) in [5.41, 5.74) is 15.0. The van der Waals surface area contributed by atoms with Crippen LogP contribution in [-0.4, -0.2) is 14.1 Å². The predicted octanol–water partition coefficient (Wildman–Crippen LogP) is 16.9. The molecule has 0 atom stereocenters. The van der Waals surface area contributed by atoms with E-state index in [0.717, 1.165) is 28.1 Å². The van der Waals surface area contributed by atoms with Crippen molar-refractivity contribution in [1.29, 1.82) is 0 Å². The first-order valence-corrected chi connectivity index (χ1v) is 22.7. The fourth-order valence-corrected chi connectivity index (χ4v) is 10.9. The Labute approximate surface area is 380 Å². The van der Waals surface area contributed by atoms with Crippen molar-refractivity contribution in [2.45, 2.75) is 0 Å². The molecule has 0 bridgehead atoms. The molecule has 3 heteroatoms. The van der Waals surface area contributed by atoms with E-state index in [1.165, 1.54) is 104 Å². The highest BCUT2D eigenvalue weighted by molar-refractivity contribution is 6.33. The lowest BCUT2D eigenvalue weighted by atomic mass is 9.90. The van der Waals surface area contributed by atoms with Gasteiger partial charge in [0.05, 0.1) is 33.3 Å². The summed E-state index contributed by atoms with van der Waals surface area (Å²) in [6.07, 6.45) is 0. The summed E-state index contributed by atoms with van der Waals surface area (Å²) in [6, 6.07) is 86.3. The molecule has 0 saturated heterocycles. The van der Waals surface area contributed by atoms with Crippen molar-refractivity contribution >= 4 is 86.8 Å². The number of hydrogen-bond acceptors (Lipinski definition) is 1. The largest absolute Gasteiger partial charge is 0.309 e. The molecular formula is C63H39N3. The summed E-state index contributed by atoms with van der Waals surface area (Å²) in [4.78, 5) is 5.42. The Hall–Kier alpha value is -8.79. The van der Waals surface area contributed by atoms with Crippen LogP contribution >= 0.6 is 0 Å². The average Bonchev–Trinajstić information content (AvgIpc) is 3.91. The van der Waals surface area contributed by atoms with E-state index >= 15 is 0 Å². The maximum atomic E-state index is 5.42. The minimum atomic E-state index is 1.00. The molecule has 3 aromatic heterocycles. The third-order valence-corrected chi connectivity index (χ3v) is 13.9. The Morgan fingerprint density at radius 3 is 1.20 bits per heavy atom. The van der Waals surface area contributed by atoms with Gasteiger partial charge in [0.2, 0.25) is 0 Å². The Morgan fingerprint density at radius 1 is 0.242 bits per heavy atom. The van der Waals surface area contributed by atoms with E-state index in [1.807, 2.05) is 0 Å². The number of fused-ring (bicyclic) bond motifs is 14. The monoisotopic (exact) mass is 837 g/mol. The second-order valence-electron chi connectivity index (χ2n) is 17.4. The van der Waals surface area contributed by atoms with Gasteiger partial charge >= 0.3 is 0 Å². The lowest BCUT2D eigenvalue weighted by Gasteiger charge is -2.16. The fraction of sp³-hybridized carbons (Fsp3) is 0. The van der Waals surface area contributed by atoms with E-state index in [9.17, 15) is 0 Å². The minimum Gasteiger partial charge on any atom is -0.309 e. The zero-order valence-electron chi connectivity index (χ0n) is 35.9.